The molecule has 8 heteroatoms. The number of hydrogen-bond donors (Lipinski definition) is 1. The second-order valence-corrected chi connectivity index (χ2v) is 6.27. The molecule has 3 aromatic rings. The minimum absolute atomic E-state index is 0.322. The van der Waals surface area contributed by atoms with Gasteiger partial charge in [0.05, 0.1) is 38.2 Å². The first kappa shape index (κ1) is 21.6. The Balaban J connectivity index is 1.64. The minimum atomic E-state index is -0.433. The first-order valence-corrected chi connectivity index (χ1v) is 9.48. The zero-order valence-electron chi connectivity index (χ0n) is 17.4. The van der Waals surface area contributed by atoms with Crippen LogP contribution < -0.4 is 14.9 Å². The van der Waals surface area contributed by atoms with Gasteiger partial charge >= 0.3 is 5.97 Å². The number of rotatable bonds is 8. The van der Waals surface area contributed by atoms with Crippen molar-refractivity contribution in [3.63, 3.8) is 0 Å². The largest absolute Gasteiger partial charge is 0.497 e. The van der Waals surface area contributed by atoms with Gasteiger partial charge in [0.2, 0.25) is 0 Å². The molecule has 1 aromatic heterocycles. The fourth-order valence-electron chi connectivity index (χ4n) is 2.76. The van der Waals surface area contributed by atoms with Gasteiger partial charge in [-0.25, -0.2) is 10.2 Å². The van der Waals surface area contributed by atoms with E-state index in [0.29, 0.717) is 40.8 Å². The van der Waals surface area contributed by atoms with Gasteiger partial charge in [-0.15, -0.1) is 0 Å². The Morgan fingerprint density at radius 2 is 1.81 bits per heavy atom. The molecular weight excluding hydrogens is 400 g/mol. The highest BCUT2D eigenvalue weighted by molar-refractivity contribution is 5.97. The second-order valence-electron chi connectivity index (χ2n) is 6.27. The van der Waals surface area contributed by atoms with Crippen LogP contribution in [0.3, 0.4) is 0 Å². The van der Waals surface area contributed by atoms with E-state index in [1.54, 1.807) is 61.5 Å². The van der Waals surface area contributed by atoms with E-state index in [1.807, 2.05) is 0 Å². The number of hydrogen-bond acceptors (Lipinski definition) is 7. The zero-order chi connectivity index (χ0) is 22.2. The van der Waals surface area contributed by atoms with Crippen molar-refractivity contribution in [1.82, 2.24) is 5.43 Å². The number of carbonyl (C=O) groups is 2. The van der Waals surface area contributed by atoms with Gasteiger partial charge in [-0.05, 0) is 43.3 Å². The first-order chi connectivity index (χ1) is 15.0. The summed E-state index contributed by atoms with van der Waals surface area (Å²) in [5.74, 6) is 1.20. The van der Waals surface area contributed by atoms with E-state index in [4.69, 9.17) is 18.6 Å². The molecule has 0 aliphatic carbocycles. The number of ether oxygens (including phenoxy) is 3. The molecule has 8 nitrogen and oxygen atoms in total. The van der Waals surface area contributed by atoms with Gasteiger partial charge in [0, 0.05) is 11.6 Å². The molecular formula is C23H22N2O6. The van der Waals surface area contributed by atoms with E-state index in [1.165, 1.54) is 20.4 Å². The number of nitrogens with zero attached hydrogens (tertiary/aromatic N) is 1. The smallest absolute Gasteiger partial charge is 0.338 e. The number of hydrazone groups is 1. The van der Waals surface area contributed by atoms with E-state index >= 15 is 0 Å². The molecule has 1 heterocycles. The van der Waals surface area contributed by atoms with E-state index in [0.717, 1.165) is 5.56 Å². The first-order valence-electron chi connectivity index (χ1n) is 9.48. The van der Waals surface area contributed by atoms with Crippen LogP contribution in [-0.4, -0.2) is 38.9 Å². The molecule has 3 rings (SSSR count). The molecule has 0 aliphatic rings. The van der Waals surface area contributed by atoms with E-state index in [9.17, 15) is 9.59 Å². The quantitative estimate of drug-likeness (QED) is 0.336. The molecule has 0 radical (unpaired) electrons. The number of amides is 1. The van der Waals surface area contributed by atoms with Crippen molar-refractivity contribution in [1.29, 1.82) is 0 Å². The molecule has 0 saturated carbocycles. The Morgan fingerprint density at radius 1 is 1.03 bits per heavy atom. The Morgan fingerprint density at radius 3 is 2.48 bits per heavy atom. The molecule has 1 N–H and O–H groups in total. The summed E-state index contributed by atoms with van der Waals surface area (Å²) in [6.45, 7) is 2.08. The molecule has 0 spiro atoms. The van der Waals surface area contributed by atoms with E-state index in [-0.39, 0.29) is 5.97 Å². The van der Waals surface area contributed by atoms with Crippen molar-refractivity contribution in [3.05, 3.63) is 71.5 Å². The van der Waals surface area contributed by atoms with Gasteiger partial charge in [0.15, 0.2) is 0 Å². The molecule has 0 saturated heterocycles. The summed E-state index contributed by atoms with van der Waals surface area (Å²) >= 11 is 0. The van der Waals surface area contributed by atoms with Crippen LogP contribution in [0.1, 0.15) is 33.4 Å². The van der Waals surface area contributed by atoms with Crippen molar-refractivity contribution in [2.24, 2.45) is 5.10 Å². The molecule has 31 heavy (non-hydrogen) atoms. The highest BCUT2D eigenvalue weighted by Crippen LogP contribution is 2.25. The third-order valence-corrected chi connectivity index (χ3v) is 4.32. The Bertz CT molecular complexity index is 1090. The number of furan rings is 1. The second kappa shape index (κ2) is 10.1. The highest BCUT2D eigenvalue weighted by Gasteiger charge is 2.13. The van der Waals surface area contributed by atoms with Crippen molar-refractivity contribution in [2.75, 3.05) is 20.8 Å². The summed E-state index contributed by atoms with van der Waals surface area (Å²) < 4.78 is 21.0. The molecule has 0 aliphatic heterocycles. The number of benzene rings is 2. The summed E-state index contributed by atoms with van der Waals surface area (Å²) in [5.41, 5.74) is 4.02. The Labute approximate surface area is 179 Å². The molecule has 0 unspecified atom stereocenters. The van der Waals surface area contributed by atoms with Crippen LogP contribution in [0, 0.1) is 0 Å². The monoisotopic (exact) mass is 422 g/mol. The minimum Gasteiger partial charge on any atom is -0.497 e. The molecule has 0 fully saturated rings. The lowest BCUT2D eigenvalue weighted by Crippen LogP contribution is -2.18. The maximum Gasteiger partial charge on any atom is 0.338 e. The van der Waals surface area contributed by atoms with Crippen LogP contribution in [-0.2, 0) is 4.74 Å². The van der Waals surface area contributed by atoms with Gasteiger partial charge in [0.1, 0.15) is 23.0 Å². The number of methoxy groups -OCH3 is 2. The zero-order valence-corrected chi connectivity index (χ0v) is 17.4. The summed E-state index contributed by atoms with van der Waals surface area (Å²) in [6.07, 6.45) is 1.39. The molecule has 1 amide bonds. The lowest BCUT2D eigenvalue weighted by molar-refractivity contribution is 0.0526. The van der Waals surface area contributed by atoms with Gasteiger partial charge in [0.25, 0.3) is 5.91 Å². The van der Waals surface area contributed by atoms with Crippen LogP contribution in [0.5, 0.6) is 11.5 Å². The van der Waals surface area contributed by atoms with Crippen LogP contribution in [0.25, 0.3) is 11.3 Å². The fourth-order valence-corrected chi connectivity index (χ4v) is 2.76. The lowest BCUT2D eigenvalue weighted by Gasteiger charge is -2.08. The third-order valence-electron chi connectivity index (χ3n) is 4.32. The Hall–Kier alpha value is -4.07. The van der Waals surface area contributed by atoms with Crippen LogP contribution in [0.15, 0.2) is 64.1 Å². The molecule has 160 valence electrons. The maximum atomic E-state index is 12.4. The molecule has 0 bridgehead atoms. The summed E-state index contributed by atoms with van der Waals surface area (Å²) in [4.78, 5) is 24.1. The predicted molar refractivity (Wildman–Crippen MR) is 115 cm³/mol. The average Bonchev–Trinajstić information content (AvgIpc) is 3.27. The maximum absolute atomic E-state index is 12.4. The number of esters is 1. The number of carbonyl (C=O) groups excluding carboxylic acids is 2. The average molecular weight is 422 g/mol. The van der Waals surface area contributed by atoms with Gasteiger partial charge in [-0.1, -0.05) is 12.1 Å². The number of nitrogens with one attached hydrogen (secondary N) is 1. The van der Waals surface area contributed by atoms with Crippen molar-refractivity contribution in [2.45, 2.75) is 6.92 Å². The topological polar surface area (TPSA) is 99.4 Å². The fraction of sp³-hybridized carbons (Fsp3) is 0.174. The van der Waals surface area contributed by atoms with Gasteiger partial charge in [-0.2, -0.15) is 5.10 Å². The highest BCUT2D eigenvalue weighted by atomic mass is 16.5. The van der Waals surface area contributed by atoms with Crippen LogP contribution >= 0.6 is 0 Å². The standard InChI is InChI=1S/C23H22N2O6/c1-4-30-23(27)16-7-5-15(6-8-16)20-12-10-18(31-20)14-24-25-22(26)19-11-9-17(28-2)13-21(19)29-3/h5-14H,4H2,1-3H3,(H,25,26)/b24-14-. The van der Waals surface area contributed by atoms with Crippen LogP contribution in [0.4, 0.5) is 0 Å². The van der Waals surface area contributed by atoms with Gasteiger partial charge < -0.3 is 18.6 Å². The predicted octanol–water partition coefficient (Wildman–Crippen LogP) is 3.90. The normalized spacial score (nSPS) is 10.7. The molecule has 2 aromatic carbocycles. The van der Waals surface area contributed by atoms with Crippen LogP contribution in [0.2, 0.25) is 0 Å². The summed E-state index contributed by atoms with van der Waals surface area (Å²) in [5, 5.41) is 3.93. The van der Waals surface area contributed by atoms with E-state index < -0.39 is 5.91 Å². The van der Waals surface area contributed by atoms with Crippen molar-refractivity contribution >= 4 is 18.1 Å². The summed E-state index contributed by atoms with van der Waals surface area (Å²) in [6, 6.07) is 15.2. The Kier molecular flexibility index (Phi) is 7.05. The summed E-state index contributed by atoms with van der Waals surface area (Å²) in [7, 11) is 3.00. The van der Waals surface area contributed by atoms with E-state index in [2.05, 4.69) is 10.5 Å². The van der Waals surface area contributed by atoms with Crippen molar-refractivity contribution < 1.29 is 28.2 Å². The SMILES string of the molecule is CCOC(=O)c1ccc(-c2ccc(/C=N\NC(=O)c3ccc(OC)cc3OC)o2)cc1. The molecule has 0 atom stereocenters. The lowest BCUT2D eigenvalue weighted by atomic mass is 10.1. The van der Waals surface area contributed by atoms with Crippen molar-refractivity contribution in [3.8, 4) is 22.8 Å². The third kappa shape index (κ3) is 5.30. The van der Waals surface area contributed by atoms with Gasteiger partial charge in [-0.3, -0.25) is 4.79 Å².